The molecule has 33 heavy (non-hydrogen) atoms. The first kappa shape index (κ1) is 22.7. The summed E-state index contributed by atoms with van der Waals surface area (Å²) >= 11 is 0. The van der Waals surface area contributed by atoms with Crippen molar-refractivity contribution in [2.75, 3.05) is 7.05 Å². The summed E-state index contributed by atoms with van der Waals surface area (Å²) in [5, 5.41) is 3.41. The summed E-state index contributed by atoms with van der Waals surface area (Å²) in [6.07, 6.45) is 10.7. The molecule has 3 saturated carbocycles. The Bertz CT molecular complexity index is 969. The molecule has 1 N–H and O–H groups in total. The highest BCUT2D eigenvalue weighted by molar-refractivity contribution is 5.89. The lowest BCUT2D eigenvalue weighted by atomic mass is 9.47. The van der Waals surface area contributed by atoms with Crippen LogP contribution in [0.5, 0.6) is 0 Å². The molecule has 3 aliphatic carbocycles. The molecule has 1 aliphatic heterocycles. The van der Waals surface area contributed by atoms with E-state index < -0.39 is 0 Å². The van der Waals surface area contributed by atoms with Crippen LogP contribution in [0, 0.1) is 34.5 Å². The maximum Gasteiger partial charge on any atom is 0.246 e. The largest absolute Gasteiger partial charge is 0.347 e. The van der Waals surface area contributed by atoms with E-state index in [1.54, 1.807) is 0 Å². The first-order chi connectivity index (χ1) is 15.6. The van der Waals surface area contributed by atoms with Gasteiger partial charge in [-0.05, 0) is 87.2 Å². The molecular weight excluding hydrogens is 408 g/mol. The third-order valence-electron chi connectivity index (χ3n) is 10.4. The molecular formula is C29H40N2O2. The number of nitrogens with one attached hydrogen (secondary N) is 1. The second-order valence-corrected chi connectivity index (χ2v) is 12.3. The molecule has 4 nitrogen and oxygen atoms in total. The van der Waals surface area contributed by atoms with Gasteiger partial charge in [-0.1, -0.05) is 50.3 Å². The molecule has 1 aromatic carbocycles. The Labute approximate surface area is 199 Å². The lowest BCUT2D eigenvalue weighted by Crippen LogP contribution is -2.60. The van der Waals surface area contributed by atoms with Crippen LogP contribution in [0.15, 0.2) is 42.5 Å². The third-order valence-corrected chi connectivity index (χ3v) is 10.4. The second-order valence-electron chi connectivity index (χ2n) is 12.3. The van der Waals surface area contributed by atoms with Crippen molar-refractivity contribution in [3.8, 4) is 0 Å². The highest BCUT2D eigenvalue weighted by Crippen LogP contribution is 2.65. The SMILES string of the molecule is CN1C(=O)C=C[C@]2(C)[C@H]3CC[C@]4(C)[C@@H](C(=O)NC(C)(C)c5ccccc5)CC[C@H]4[C@@H]3CC[C@@H]12. The summed E-state index contributed by atoms with van der Waals surface area (Å²) in [4.78, 5) is 28.0. The van der Waals surface area contributed by atoms with E-state index >= 15 is 0 Å². The zero-order chi connectivity index (χ0) is 23.6. The molecule has 4 heteroatoms. The number of fused-ring (bicyclic) bond motifs is 5. The maximum atomic E-state index is 13.7. The zero-order valence-electron chi connectivity index (χ0n) is 20.9. The van der Waals surface area contributed by atoms with Gasteiger partial charge in [0.05, 0.1) is 5.54 Å². The molecule has 1 aromatic rings. The highest BCUT2D eigenvalue weighted by Gasteiger charge is 2.61. The Hall–Kier alpha value is -2.10. The molecule has 5 rings (SSSR count). The van der Waals surface area contributed by atoms with Gasteiger partial charge in [0.15, 0.2) is 0 Å². The fourth-order valence-corrected chi connectivity index (χ4v) is 8.49. The van der Waals surface area contributed by atoms with Gasteiger partial charge < -0.3 is 10.2 Å². The lowest BCUT2D eigenvalue weighted by molar-refractivity contribution is -0.143. The minimum Gasteiger partial charge on any atom is -0.347 e. The van der Waals surface area contributed by atoms with Gasteiger partial charge in [-0.2, -0.15) is 0 Å². The second kappa shape index (κ2) is 7.71. The van der Waals surface area contributed by atoms with Gasteiger partial charge in [-0.3, -0.25) is 9.59 Å². The lowest BCUT2D eigenvalue weighted by Gasteiger charge is -2.60. The standard InChI is InChI=1S/C29H40N2O2/c1-27(2,19-9-7-6-8-10-19)30-26(33)23-13-12-21-20-11-14-24-29(4,18-16-25(32)31(24)5)22(20)15-17-28(21,23)3/h6-10,16,18,20-24H,11-15,17H2,1-5H3,(H,30,33)/t20-,21-,22-,23+,24+,28-,29+/m0/s1. The molecule has 0 unspecified atom stereocenters. The summed E-state index contributed by atoms with van der Waals surface area (Å²) < 4.78 is 0. The topological polar surface area (TPSA) is 49.4 Å². The number of rotatable bonds is 3. The molecule has 0 aromatic heterocycles. The third kappa shape index (κ3) is 3.39. The van der Waals surface area contributed by atoms with Crippen molar-refractivity contribution >= 4 is 11.8 Å². The van der Waals surface area contributed by atoms with Crippen LogP contribution < -0.4 is 5.32 Å². The van der Waals surface area contributed by atoms with Crippen molar-refractivity contribution in [3.63, 3.8) is 0 Å². The molecule has 3 fully saturated rings. The normalized spacial score (nSPS) is 40.1. The molecule has 7 atom stereocenters. The van der Waals surface area contributed by atoms with Gasteiger partial charge in [0.2, 0.25) is 11.8 Å². The Balaban J connectivity index is 1.36. The Kier molecular flexibility index (Phi) is 5.30. The van der Waals surface area contributed by atoms with Gasteiger partial charge >= 0.3 is 0 Å². The average Bonchev–Trinajstić information content (AvgIpc) is 3.14. The van der Waals surface area contributed by atoms with E-state index in [1.165, 1.54) is 6.42 Å². The Morgan fingerprint density at radius 2 is 1.76 bits per heavy atom. The number of carbonyl (C=O) groups excluding carboxylic acids is 2. The predicted molar refractivity (Wildman–Crippen MR) is 131 cm³/mol. The smallest absolute Gasteiger partial charge is 0.246 e. The Morgan fingerprint density at radius 3 is 2.48 bits per heavy atom. The molecule has 0 saturated heterocycles. The highest BCUT2D eigenvalue weighted by atomic mass is 16.2. The number of hydrogen-bond acceptors (Lipinski definition) is 2. The fraction of sp³-hybridized carbons (Fsp3) is 0.655. The average molecular weight is 449 g/mol. The minimum absolute atomic E-state index is 0.0581. The van der Waals surface area contributed by atoms with Crippen molar-refractivity contribution < 1.29 is 9.59 Å². The number of amides is 2. The van der Waals surface area contributed by atoms with E-state index in [0.717, 1.165) is 37.7 Å². The molecule has 0 bridgehead atoms. The van der Waals surface area contributed by atoms with Gasteiger partial charge in [0, 0.05) is 24.4 Å². The van der Waals surface area contributed by atoms with Crippen LogP contribution in [0.3, 0.4) is 0 Å². The van der Waals surface area contributed by atoms with Gasteiger partial charge in [0.25, 0.3) is 0 Å². The summed E-state index contributed by atoms with van der Waals surface area (Å²) in [6, 6.07) is 10.6. The first-order valence-electron chi connectivity index (χ1n) is 12.9. The van der Waals surface area contributed by atoms with Crippen LogP contribution in [0.4, 0.5) is 0 Å². The van der Waals surface area contributed by atoms with Crippen molar-refractivity contribution in [1.29, 1.82) is 0 Å². The Morgan fingerprint density at radius 1 is 1.03 bits per heavy atom. The molecule has 0 spiro atoms. The van der Waals surface area contributed by atoms with E-state index in [-0.39, 0.29) is 34.1 Å². The number of hydrogen-bond donors (Lipinski definition) is 1. The monoisotopic (exact) mass is 448 g/mol. The number of likely N-dealkylation sites (N-methyl/N-ethyl adjacent to an activating group) is 1. The van der Waals surface area contributed by atoms with Crippen molar-refractivity contribution in [3.05, 3.63) is 48.0 Å². The van der Waals surface area contributed by atoms with E-state index in [4.69, 9.17) is 0 Å². The zero-order valence-corrected chi connectivity index (χ0v) is 20.9. The number of carbonyl (C=O) groups is 2. The fourth-order valence-electron chi connectivity index (χ4n) is 8.49. The van der Waals surface area contributed by atoms with Gasteiger partial charge in [-0.25, -0.2) is 0 Å². The van der Waals surface area contributed by atoms with Crippen molar-refractivity contribution in [2.45, 2.75) is 77.8 Å². The van der Waals surface area contributed by atoms with Crippen LogP contribution in [-0.4, -0.2) is 29.8 Å². The summed E-state index contributed by atoms with van der Waals surface area (Å²) in [6.45, 7) is 9.02. The van der Waals surface area contributed by atoms with Gasteiger partial charge in [0.1, 0.15) is 0 Å². The van der Waals surface area contributed by atoms with Crippen molar-refractivity contribution in [2.24, 2.45) is 34.5 Å². The van der Waals surface area contributed by atoms with Crippen LogP contribution >= 0.6 is 0 Å². The van der Waals surface area contributed by atoms with E-state index in [9.17, 15) is 9.59 Å². The molecule has 0 radical (unpaired) electrons. The quantitative estimate of drug-likeness (QED) is 0.683. The van der Waals surface area contributed by atoms with Crippen LogP contribution in [0.25, 0.3) is 0 Å². The number of nitrogens with zero attached hydrogens (tertiary/aromatic N) is 1. The first-order valence-corrected chi connectivity index (χ1v) is 12.9. The van der Waals surface area contributed by atoms with E-state index in [2.05, 4.69) is 51.2 Å². The summed E-state index contributed by atoms with van der Waals surface area (Å²) in [5.41, 5.74) is 0.902. The van der Waals surface area contributed by atoms with E-state index in [1.807, 2.05) is 36.2 Å². The predicted octanol–water partition coefficient (Wildman–Crippen LogP) is 5.29. The van der Waals surface area contributed by atoms with Crippen LogP contribution in [0.1, 0.15) is 71.8 Å². The molecule has 4 aliphatic rings. The minimum atomic E-state index is -0.375. The van der Waals surface area contributed by atoms with Gasteiger partial charge in [-0.15, -0.1) is 0 Å². The summed E-state index contributed by atoms with van der Waals surface area (Å²) in [7, 11) is 1.98. The van der Waals surface area contributed by atoms with Crippen LogP contribution in [-0.2, 0) is 15.1 Å². The van der Waals surface area contributed by atoms with Crippen LogP contribution in [0.2, 0.25) is 0 Å². The maximum absolute atomic E-state index is 13.7. The van der Waals surface area contributed by atoms with Crippen molar-refractivity contribution in [1.82, 2.24) is 10.2 Å². The summed E-state index contributed by atoms with van der Waals surface area (Å²) in [5.74, 6) is 2.31. The molecule has 178 valence electrons. The molecule has 1 heterocycles. The number of benzene rings is 1. The van der Waals surface area contributed by atoms with E-state index in [0.29, 0.717) is 23.8 Å². The molecule has 2 amide bonds.